The summed E-state index contributed by atoms with van der Waals surface area (Å²) in [6, 6.07) is 12.6. The SMILES string of the molecule is CCNC(O)NC1COc2cc(OCc3ccc(C4CC4)cc3C)ccc21. The summed E-state index contributed by atoms with van der Waals surface area (Å²) in [5.41, 5.74) is 5.01. The van der Waals surface area contributed by atoms with Crippen LogP contribution in [0.4, 0.5) is 0 Å². The van der Waals surface area contributed by atoms with Crippen molar-refractivity contribution < 1.29 is 14.6 Å². The minimum absolute atomic E-state index is 0.0275. The lowest BCUT2D eigenvalue weighted by atomic mass is 10.0. The summed E-state index contributed by atoms with van der Waals surface area (Å²) in [5, 5.41) is 15.9. The van der Waals surface area contributed by atoms with E-state index in [-0.39, 0.29) is 6.04 Å². The largest absolute Gasteiger partial charge is 0.491 e. The lowest BCUT2D eigenvalue weighted by Crippen LogP contribution is -2.44. The molecule has 2 unspecified atom stereocenters. The van der Waals surface area contributed by atoms with Crippen LogP contribution in [0.2, 0.25) is 0 Å². The van der Waals surface area contributed by atoms with Crippen LogP contribution < -0.4 is 20.1 Å². The Morgan fingerprint density at radius 3 is 2.81 bits per heavy atom. The third kappa shape index (κ3) is 4.26. The van der Waals surface area contributed by atoms with Crippen LogP contribution in [0.15, 0.2) is 36.4 Å². The second-order valence-corrected chi connectivity index (χ2v) is 7.44. The second kappa shape index (κ2) is 7.89. The third-order valence-electron chi connectivity index (χ3n) is 5.33. The fourth-order valence-electron chi connectivity index (χ4n) is 3.57. The molecule has 5 heteroatoms. The van der Waals surface area contributed by atoms with Crippen molar-refractivity contribution in [1.82, 2.24) is 10.6 Å². The number of ether oxygens (including phenoxy) is 2. The normalized spacial score (nSPS) is 19.4. The zero-order valence-electron chi connectivity index (χ0n) is 16.0. The minimum atomic E-state index is -0.743. The van der Waals surface area contributed by atoms with Crippen molar-refractivity contribution in [1.29, 1.82) is 0 Å². The predicted octanol–water partition coefficient (Wildman–Crippen LogP) is 3.36. The molecule has 27 heavy (non-hydrogen) atoms. The van der Waals surface area contributed by atoms with Gasteiger partial charge in [0.05, 0.1) is 6.04 Å². The van der Waals surface area contributed by atoms with Crippen molar-refractivity contribution >= 4 is 0 Å². The molecule has 1 aliphatic heterocycles. The molecular formula is C22H28N2O3. The van der Waals surface area contributed by atoms with Gasteiger partial charge in [0.25, 0.3) is 0 Å². The molecule has 0 spiro atoms. The Morgan fingerprint density at radius 1 is 1.22 bits per heavy atom. The number of rotatable bonds is 8. The molecule has 2 aromatic carbocycles. The van der Waals surface area contributed by atoms with Crippen LogP contribution in [0.5, 0.6) is 11.5 Å². The standard InChI is InChI=1S/C22H28N2O3/c1-3-23-22(25)24-20-13-27-21-11-18(8-9-19(20)21)26-12-17-7-6-16(10-14(17)2)15-4-5-15/h6-11,15,20,22-25H,3-5,12-13H2,1-2H3. The first-order chi connectivity index (χ1) is 13.1. The summed E-state index contributed by atoms with van der Waals surface area (Å²) >= 11 is 0. The fourth-order valence-corrected chi connectivity index (χ4v) is 3.57. The highest BCUT2D eigenvalue weighted by Gasteiger charge is 2.26. The van der Waals surface area contributed by atoms with E-state index in [1.165, 1.54) is 29.5 Å². The first-order valence-electron chi connectivity index (χ1n) is 9.80. The average molecular weight is 368 g/mol. The minimum Gasteiger partial charge on any atom is -0.491 e. The van der Waals surface area contributed by atoms with E-state index in [1.807, 2.05) is 25.1 Å². The number of hydrogen-bond donors (Lipinski definition) is 3. The number of nitrogens with one attached hydrogen (secondary N) is 2. The Kier molecular flexibility index (Phi) is 5.34. The molecule has 0 aromatic heterocycles. The van der Waals surface area contributed by atoms with Crippen molar-refractivity contribution in [3.8, 4) is 11.5 Å². The van der Waals surface area contributed by atoms with E-state index in [4.69, 9.17) is 9.47 Å². The van der Waals surface area contributed by atoms with Crippen LogP contribution in [0.3, 0.4) is 0 Å². The molecule has 0 radical (unpaired) electrons. The van der Waals surface area contributed by atoms with Crippen LogP contribution in [0.25, 0.3) is 0 Å². The summed E-state index contributed by atoms with van der Waals surface area (Å²) < 4.78 is 11.8. The number of aliphatic hydroxyl groups is 1. The molecule has 1 saturated carbocycles. The molecule has 0 amide bonds. The Labute approximate surface area is 160 Å². The predicted molar refractivity (Wildman–Crippen MR) is 105 cm³/mol. The van der Waals surface area contributed by atoms with Crippen LogP contribution in [0, 0.1) is 6.92 Å². The molecule has 2 aliphatic rings. The van der Waals surface area contributed by atoms with E-state index < -0.39 is 6.35 Å². The highest BCUT2D eigenvalue weighted by molar-refractivity contribution is 5.45. The highest BCUT2D eigenvalue weighted by atomic mass is 16.5. The molecular weight excluding hydrogens is 340 g/mol. The van der Waals surface area contributed by atoms with E-state index >= 15 is 0 Å². The van der Waals surface area contributed by atoms with Gasteiger partial charge in [-0.1, -0.05) is 25.1 Å². The molecule has 0 saturated heterocycles. The molecule has 5 nitrogen and oxygen atoms in total. The van der Waals surface area contributed by atoms with Crippen LogP contribution >= 0.6 is 0 Å². The van der Waals surface area contributed by atoms with Crippen LogP contribution in [-0.4, -0.2) is 24.6 Å². The summed E-state index contributed by atoms with van der Waals surface area (Å²) in [7, 11) is 0. The van der Waals surface area contributed by atoms with Crippen LogP contribution in [0.1, 0.15) is 54.0 Å². The number of aliphatic hydroxyl groups excluding tert-OH is 1. The Morgan fingerprint density at radius 2 is 2.07 bits per heavy atom. The molecule has 0 bridgehead atoms. The van der Waals surface area contributed by atoms with Gasteiger partial charge in [-0.3, -0.25) is 10.6 Å². The maximum atomic E-state index is 9.88. The Bertz CT molecular complexity index is 804. The number of fused-ring (bicyclic) bond motifs is 1. The average Bonchev–Trinajstić information content (AvgIpc) is 3.43. The van der Waals surface area contributed by atoms with E-state index in [0.717, 1.165) is 23.0 Å². The Balaban J connectivity index is 1.38. The van der Waals surface area contributed by atoms with Crippen molar-refractivity contribution in [2.24, 2.45) is 0 Å². The van der Waals surface area contributed by atoms with Gasteiger partial charge in [-0.2, -0.15) is 0 Å². The van der Waals surface area contributed by atoms with Crippen molar-refractivity contribution in [2.75, 3.05) is 13.2 Å². The third-order valence-corrected chi connectivity index (χ3v) is 5.33. The number of aryl methyl sites for hydroxylation is 1. The smallest absolute Gasteiger partial charge is 0.161 e. The van der Waals surface area contributed by atoms with Crippen molar-refractivity contribution in [2.45, 2.75) is 51.6 Å². The van der Waals surface area contributed by atoms with Gasteiger partial charge in [-0.15, -0.1) is 0 Å². The second-order valence-electron chi connectivity index (χ2n) is 7.44. The molecule has 1 fully saturated rings. The molecule has 144 valence electrons. The maximum absolute atomic E-state index is 9.88. The zero-order chi connectivity index (χ0) is 18.8. The van der Waals surface area contributed by atoms with Gasteiger partial charge >= 0.3 is 0 Å². The van der Waals surface area contributed by atoms with Crippen LogP contribution in [-0.2, 0) is 6.61 Å². The summed E-state index contributed by atoms with van der Waals surface area (Å²) in [6.07, 6.45) is 1.91. The molecule has 2 atom stereocenters. The molecule has 4 rings (SSSR count). The first-order valence-corrected chi connectivity index (χ1v) is 9.80. The lowest BCUT2D eigenvalue weighted by Gasteiger charge is -2.18. The lowest BCUT2D eigenvalue weighted by molar-refractivity contribution is 0.0853. The summed E-state index contributed by atoms with van der Waals surface area (Å²) in [6.45, 7) is 5.86. The monoisotopic (exact) mass is 368 g/mol. The Hall–Kier alpha value is -2.08. The van der Waals surface area contributed by atoms with E-state index in [2.05, 4.69) is 35.8 Å². The van der Waals surface area contributed by atoms with E-state index in [1.54, 1.807) is 0 Å². The number of benzene rings is 2. The summed E-state index contributed by atoms with van der Waals surface area (Å²) in [5.74, 6) is 2.39. The van der Waals surface area contributed by atoms with Gasteiger partial charge in [0.15, 0.2) is 6.35 Å². The molecule has 1 aliphatic carbocycles. The maximum Gasteiger partial charge on any atom is 0.161 e. The topological polar surface area (TPSA) is 62.8 Å². The van der Waals surface area contributed by atoms with E-state index in [9.17, 15) is 5.11 Å². The number of hydrogen-bond acceptors (Lipinski definition) is 5. The molecule has 3 N–H and O–H groups in total. The quantitative estimate of drug-likeness (QED) is 0.624. The van der Waals surface area contributed by atoms with Crippen molar-refractivity contribution in [3.05, 3.63) is 58.7 Å². The van der Waals surface area contributed by atoms with E-state index in [0.29, 0.717) is 19.8 Å². The van der Waals surface area contributed by atoms with Crippen molar-refractivity contribution in [3.63, 3.8) is 0 Å². The molecule has 1 heterocycles. The summed E-state index contributed by atoms with van der Waals surface area (Å²) in [4.78, 5) is 0. The van der Waals surface area contributed by atoms with Gasteiger partial charge < -0.3 is 14.6 Å². The van der Waals surface area contributed by atoms with Gasteiger partial charge in [0.2, 0.25) is 0 Å². The van der Waals surface area contributed by atoms with Gasteiger partial charge in [-0.05, 0) is 61.1 Å². The van der Waals surface area contributed by atoms with Gasteiger partial charge in [0, 0.05) is 11.6 Å². The first kappa shape index (κ1) is 18.3. The fraction of sp³-hybridized carbons (Fsp3) is 0.455. The highest BCUT2D eigenvalue weighted by Crippen LogP contribution is 2.40. The molecule has 2 aromatic rings. The van der Waals surface area contributed by atoms with Gasteiger partial charge in [0.1, 0.15) is 24.7 Å². The van der Waals surface area contributed by atoms with Gasteiger partial charge in [-0.25, -0.2) is 0 Å². The zero-order valence-corrected chi connectivity index (χ0v) is 16.0.